The molecule has 2 aliphatic carbocycles. The summed E-state index contributed by atoms with van der Waals surface area (Å²) in [5.74, 6) is 3.84. The van der Waals surface area contributed by atoms with Crippen LogP contribution in [0, 0.1) is 65.2 Å². The second-order valence-electron chi connectivity index (χ2n) is 12.1. The van der Waals surface area contributed by atoms with Gasteiger partial charge in [-0.25, -0.2) is 0 Å². The van der Waals surface area contributed by atoms with Crippen LogP contribution >= 0.6 is 0 Å². The van der Waals surface area contributed by atoms with Crippen molar-refractivity contribution < 1.29 is 0 Å². The Bertz CT molecular complexity index is 886. The molecule has 0 bridgehead atoms. The van der Waals surface area contributed by atoms with Crippen LogP contribution in [0.1, 0.15) is 117 Å². The second-order valence-corrected chi connectivity index (χ2v) is 12.1. The molecule has 0 spiro atoms. The van der Waals surface area contributed by atoms with Crippen molar-refractivity contribution in [2.75, 3.05) is 0 Å². The minimum absolute atomic E-state index is 0. The SMILES string of the molecule is C.C.Cc1cc(C)c(CC2CCC(CC3CCC(Cc4cc(C)c(C)c(C)c4)CC3)CC2)c(C)c1. The monoisotopic (exact) mass is 476 g/mol. The molecule has 2 saturated carbocycles. The summed E-state index contributed by atoms with van der Waals surface area (Å²) in [4.78, 5) is 0. The lowest BCUT2D eigenvalue weighted by molar-refractivity contribution is 0.191. The molecule has 0 N–H and O–H groups in total. The maximum atomic E-state index is 2.45. The highest BCUT2D eigenvalue weighted by Crippen LogP contribution is 2.40. The Hall–Kier alpha value is -1.56. The van der Waals surface area contributed by atoms with E-state index in [9.17, 15) is 0 Å². The molecular weight excluding hydrogens is 420 g/mol. The molecule has 2 fully saturated rings. The van der Waals surface area contributed by atoms with Crippen molar-refractivity contribution in [3.05, 3.63) is 68.8 Å². The van der Waals surface area contributed by atoms with Crippen LogP contribution in [0.2, 0.25) is 0 Å². The maximum Gasteiger partial charge on any atom is -0.0245 e. The highest BCUT2D eigenvalue weighted by Gasteiger charge is 2.27. The first-order valence-corrected chi connectivity index (χ1v) is 13.9. The summed E-state index contributed by atoms with van der Waals surface area (Å²) in [5, 5.41) is 0. The minimum atomic E-state index is 0. The zero-order valence-electron chi connectivity index (χ0n) is 22.4. The van der Waals surface area contributed by atoms with Crippen molar-refractivity contribution in [3.63, 3.8) is 0 Å². The van der Waals surface area contributed by atoms with Crippen molar-refractivity contribution >= 4 is 0 Å². The Morgan fingerprint density at radius 3 is 1.37 bits per heavy atom. The molecule has 4 rings (SSSR count). The van der Waals surface area contributed by atoms with Crippen LogP contribution in [0.4, 0.5) is 0 Å². The van der Waals surface area contributed by atoms with Gasteiger partial charge in [-0.2, -0.15) is 0 Å². The lowest BCUT2D eigenvalue weighted by Gasteiger charge is -2.34. The second kappa shape index (κ2) is 13.1. The van der Waals surface area contributed by atoms with E-state index >= 15 is 0 Å². The Labute approximate surface area is 219 Å². The quantitative estimate of drug-likeness (QED) is 0.389. The fraction of sp³-hybridized carbons (Fsp3) is 0.657. The average Bonchev–Trinajstić information content (AvgIpc) is 2.77. The van der Waals surface area contributed by atoms with Gasteiger partial charge in [0.1, 0.15) is 0 Å². The van der Waals surface area contributed by atoms with Gasteiger partial charge in [0.25, 0.3) is 0 Å². The summed E-state index contributed by atoms with van der Waals surface area (Å²) in [6, 6.07) is 9.66. The fourth-order valence-electron chi connectivity index (χ4n) is 7.21. The normalized spacial score (nSPS) is 24.4. The fourth-order valence-corrected chi connectivity index (χ4v) is 7.21. The van der Waals surface area contributed by atoms with Crippen LogP contribution in [0.3, 0.4) is 0 Å². The summed E-state index contributed by atoms with van der Waals surface area (Å²) in [6.07, 6.45) is 15.9. The average molecular weight is 477 g/mol. The molecule has 196 valence electrons. The molecule has 0 unspecified atom stereocenters. The lowest BCUT2D eigenvalue weighted by Crippen LogP contribution is -2.22. The van der Waals surface area contributed by atoms with Crippen LogP contribution in [-0.2, 0) is 12.8 Å². The summed E-state index contributed by atoms with van der Waals surface area (Å²) in [5.41, 5.74) is 12.1. The zero-order valence-corrected chi connectivity index (χ0v) is 22.4. The third-order valence-electron chi connectivity index (χ3n) is 9.44. The molecule has 0 heterocycles. The van der Waals surface area contributed by atoms with Gasteiger partial charge in [0, 0.05) is 0 Å². The Balaban J connectivity index is 0.00000216. The van der Waals surface area contributed by atoms with Crippen molar-refractivity contribution in [3.8, 4) is 0 Å². The molecule has 0 amide bonds. The maximum absolute atomic E-state index is 2.45. The van der Waals surface area contributed by atoms with E-state index in [-0.39, 0.29) is 14.9 Å². The van der Waals surface area contributed by atoms with Gasteiger partial charge in [-0.05, 0) is 149 Å². The molecule has 2 aromatic carbocycles. The molecule has 0 saturated heterocycles. The number of benzene rings is 2. The van der Waals surface area contributed by atoms with Crippen molar-refractivity contribution in [1.29, 1.82) is 0 Å². The first-order chi connectivity index (χ1) is 15.8. The molecular formula is C35H56. The van der Waals surface area contributed by atoms with E-state index in [1.54, 1.807) is 11.1 Å². The van der Waals surface area contributed by atoms with Gasteiger partial charge in [-0.1, -0.05) is 70.4 Å². The number of aryl methyl sites for hydroxylation is 5. The van der Waals surface area contributed by atoms with Crippen molar-refractivity contribution in [2.24, 2.45) is 23.7 Å². The number of hydrogen-bond acceptors (Lipinski definition) is 0. The van der Waals surface area contributed by atoms with E-state index < -0.39 is 0 Å². The standard InChI is InChI=1S/C33H48.2CH4/c1-22-15-25(4)33(26(5)16-22)21-31-13-11-29(12-14-31)19-28-7-9-30(10-8-28)20-32-17-23(2)27(6)24(3)18-32;;/h15-18,28-31H,7-14,19-21H2,1-6H3;2*1H4. The highest BCUT2D eigenvalue weighted by atomic mass is 14.3. The van der Waals surface area contributed by atoms with E-state index in [4.69, 9.17) is 0 Å². The summed E-state index contributed by atoms with van der Waals surface area (Å²) in [6.45, 7) is 13.7. The van der Waals surface area contributed by atoms with Crippen molar-refractivity contribution in [2.45, 2.75) is 127 Å². The first kappa shape index (κ1) is 29.7. The summed E-state index contributed by atoms with van der Waals surface area (Å²) in [7, 11) is 0. The van der Waals surface area contributed by atoms with E-state index in [1.807, 2.05) is 0 Å². The molecule has 0 heteroatoms. The predicted molar refractivity (Wildman–Crippen MR) is 158 cm³/mol. The molecule has 0 nitrogen and oxygen atoms in total. The van der Waals surface area contributed by atoms with Gasteiger partial charge in [-0.3, -0.25) is 0 Å². The van der Waals surface area contributed by atoms with Crippen LogP contribution in [0.5, 0.6) is 0 Å². The molecule has 0 aromatic heterocycles. The third-order valence-corrected chi connectivity index (χ3v) is 9.44. The Morgan fingerprint density at radius 1 is 0.514 bits per heavy atom. The lowest BCUT2D eigenvalue weighted by atomic mass is 9.71. The molecule has 2 aliphatic rings. The summed E-state index contributed by atoms with van der Waals surface area (Å²) >= 11 is 0. The number of rotatable bonds is 6. The van der Waals surface area contributed by atoms with Crippen LogP contribution in [0.15, 0.2) is 24.3 Å². The van der Waals surface area contributed by atoms with E-state index in [0.29, 0.717) is 0 Å². The van der Waals surface area contributed by atoms with Gasteiger partial charge >= 0.3 is 0 Å². The largest absolute Gasteiger partial charge is 0.0776 e. The molecule has 35 heavy (non-hydrogen) atoms. The minimum Gasteiger partial charge on any atom is -0.0776 e. The highest BCUT2D eigenvalue weighted by molar-refractivity contribution is 5.38. The van der Waals surface area contributed by atoms with Gasteiger partial charge < -0.3 is 0 Å². The zero-order chi connectivity index (χ0) is 23.5. The Kier molecular flexibility index (Phi) is 11.1. The van der Waals surface area contributed by atoms with Crippen molar-refractivity contribution in [1.82, 2.24) is 0 Å². The van der Waals surface area contributed by atoms with E-state index in [2.05, 4.69) is 65.8 Å². The topological polar surface area (TPSA) is 0 Å². The van der Waals surface area contributed by atoms with Crippen LogP contribution in [-0.4, -0.2) is 0 Å². The molecule has 2 aromatic rings. The predicted octanol–water partition coefficient (Wildman–Crippen LogP) is 10.6. The van der Waals surface area contributed by atoms with E-state index in [1.165, 1.54) is 104 Å². The van der Waals surface area contributed by atoms with Crippen LogP contribution < -0.4 is 0 Å². The van der Waals surface area contributed by atoms with Crippen LogP contribution in [0.25, 0.3) is 0 Å². The molecule has 0 aliphatic heterocycles. The molecule has 0 atom stereocenters. The third kappa shape index (κ3) is 7.71. The van der Waals surface area contributed by atoms with Gasteiger partial charge in [0.15, 0.2) is 0 Å². The number of hydrogen-bond donors (Lipinski definition) is 0. The summed E-state index contributed by atoms with van der Waals surface area (Å²) < 4.78 is 0. The van der Waals surface area contributed by atoms with E-state index in [0.717, 1.165) is 23.7 Å². The van der Waals surface area contributed by atoms with Gasteiger partial charge in [-0.15, -0.1) is 0 Å². The van der Waals surface area contributed by atoms with Gasteiger partial charge in [0.2, 0.25) is 0 Å². The molecule has 0 radical (unpaired) electrons. The smallest absolute Gasteiger partial charge is 0.0245 e. The Morgan fingerprint density at radius 2 is 0.914 bits per heavy atom. The van der Waals surface area contributed by atoms with Gasteiger partial charge in [0.05, 0.1) is 0 Å². The first-order valence-electron chi connectivity index (χ1n) is 13.9.